The molecule has 1 aromatic rings. The standard InChI is InChI=1S/C17H29N3/c1-4-18-13-15-9-6-7-11-17(15)19(3)14-16-10-8-12-20(16)5-2/h6-7,9,11,16,18H,4-5,8,10,12-14H2,1-3H3. The van der Waals surface area contributed by atoms with Gasteiger partial charge in [0, 0.05) is 31.9 Å². The third kappa shape index (κ3) is 3.74. The summed E-state index contributed by atoms with van der Waals surface area (Å²) in [6.07, 6.45) is 2.69. The van der Waals surface area contributed by atoms with Crippen molar-refractivity contribution < 1.29 is 0 Å². The first kappa shape index (κ1) is 15.3. The molecule has 0 bridgehead atoms. The number of nitrogens with one attached hydrogen (secondary N) is 1. The van der Waals surface area contributed by atoms with Crippen LogP contribution in [0.25, 0.3) is 0 Å². The van der Waals surface area contributed by atoms with Crippen molar-refractivity contribution in [2.75, 3.05) is 38.1 Å². The van der Waals surface area contributed by atoms with Crippen LogP contribution in [0, 0.1) is 0 Å². The van der Waals surface area contributed by atoms with Gasteiger partial charge in [0.2, 0.25) is 0 Å². The van der Waals surface area contributed by atoms with Crippen LogP contribution in [0.15, 0.2) is 24.3 Å². The van der Waals surface area contributed by atoms with E-state index in [4.69, 9.17) is 0 Å². The predicted octanol–water partition coefficient (Wildman–Crippen LogP) is 2.72. The fraction of sp³-hybridized carbons (Fsp3) is 0.647. The first-order chi connectivity index (χ1) is 9.76. The van der Waals surface area contributed by atoms with Gasteiger partial charge >= 0.3 is 0 Å². The average molecular weight is 275 g/mol. The van der Waals surface area contributed by atoms with Crippen LogP contribution in [0.3, 0.4) is 0 Å². The minimum absolute atomic E-state index is 0.720. The smallest absolute Gasteiger partial charge is 0.0409 e. The quantitative estimate of drug-likeness (QED) is 0.825. The maximum atomic E-state index is 3.44. The Morgan fingerprint density at radius 2 is 2.10 bits per heavy atom. The third-order valence-corrected chi connectivity index (χ3v) is 4.36. The van der Waals surface area contributed by atoms with Gasteiger partial charge in [0.05, 0.1) is 0 Å². The van der Waals surface area contributed by atoms with Crippen molar-refractivity contribution in [1.29, 1.82) is 0 Å². The molecule has 0 amide bonds. The van der Waals surface area contributed by atoms with Gasteiger partial charge in [-0.15, -0.1) is 0 Å². The SMILES string of the molecule is CCNCc1ccccc1N(C)CC1CCCN1CC. The number of benzene rings is 1. The number of para-hydroxylation sites is 1. The lowest BCUT2D eigenvalue weighted by Crippen LogP contribution is -2.39. The molecule has 0 spiro atoms. The summed E-state index contributed by atoms with van der Waals surface area (Å²) in [5.74, 6) is 0. The molecule has 0 aromatic heterocycles. The molecule has 20 heavy (non-hydrogen) atoms. The molecule has 3 nitrogen and oxygen atoms in total. The molecule has 0 saturated carbocycles. The molecular weight excluding hydrogens is 246 g/mol. The molecule has 112 valence electrons. The van der Waals surface area contributed by atoms with Crippen molar-refractivity contribution >= 4 is 5.69 Å². The highest BCUT2D eigenvalue weighted by molar-refractivity contribution is 5.53. The normalized spacial score (nSPS) is 19.4. The molecule has 1 N–H and O–H groups in total. The summed E-state index contributed by atoms with van der Waals surface area (Å²) in [6, 6.07) is 9.49. The maximum absolute atomic E-state index is 3.44. The Morgan fingerprint density at radius 1 is 1.30 bits per heavy atom. The largest absolute Gasteiger partial charge is 0.373 e. The highest BCUT2D eigenvalue weighted by Crippen LogP contribution is 2.23. The summed E-state index contributed by atoms with van der Waals surface area (Å²) < 4.78 is 0. The lowest BCUT2D eigenvalue weighted by Gasteiger charge is -2.30. The summed E-state index contributed by atoms with van der Waals surface area (Å²) >= 11 is 0. The molecular formula is C17H29N3. The zero-order valence-corrected chi connectivity index (χ0v) is 13.2. The van der Waals surface area contributed by atoms with Gasteiger partial charge in [0.15, 0.2) is 0 Å². The Hall–Kier alpha value is -1.06. The van der Waals surface area contributed by atoms with Gasteiger partial charge in [-0.25, -0.2) is 0 Å². The number of nitrogens with zero attached hydrogens (tertiary/aromatic N) is 2. The van der Waals surface area contributed by atoms with E-state index in [9.17, 15) is 0 Å². The van der Waals surface area contributed by atoms with Crippen LogP contribution < -0.4 is 10.2 Å². The molecule has 1 heterocycles. The fourth-order valence-corrected chi connectivity index (χ4v) is 3.23. The topological polar surface area (TPSA) is 18.5 Å². The Morgan fingerprint density at radius 3 is 2.85 bits per heavy atom. The van der Waals surface area contributed by atoms with Crippen LogP contribution in [0.2, 0.25) is 0 Å². The van der Waals surface area contributed by atoms with Crippen LogP contribution in [0.1, 0.15) is 32.3 Å². The molecule has 0 radical (unpaired) electrons. The van der Waals surface area contributed by atoms with E-state index in [0.717, 1.165) is 25.7 Å². The zero-order chi connectivity index (χ0) is 14.4. The average Bonchev–Trinajstić information content (AvgIpc) is 2.92. The van der Waals surface area contributed by atoms with Crippen LogP contribution in [-0.4, -0.2) is 44.2 Å². The second-order valence-electron chi connectivity index (χ2n) is 5.71. The van der Waals surface area contributed by atoms with Gasteiger partial charge in [-0.05, 0) is 44.1 Å². The van der Waals surface area contributed by atoms with Crippen molar-refractivity contribution in [3.63, 3.8) is 0 Å². The lowest BCUT2D eigenvalue weighted by molar-refractivity contribution is 0.270. The van der Waals surface area contributed by atoms with Gasteiger partial charge in [0.1, 0.15) is 0 Å². The minimum atomic E-state index is 0.720. The maximum Gasteiger partial charge on any atom is 0.0409 e. The van der Waals surface area contributed by atoms with E-state index in [2.05, 4.69) is 60.3 Å². The summed E-state index contributed by atoms with van der Waals surface area (Å²) in [6.45, 7) is 9.99. The second-order valence-corrected chi connectivity index (χ2v) is 5.71. The lowest BCUT2D eigenvalue weighted by atomic mass is 10.1. The number of likely N-dealkylation sites (N-methyl/N-ethyl adjacent to an activating group) is 2. The monoisotopic (exact) mass is 275 g/mol. The van der Waals surface area contributed by atoms with Crippen molar-refractivity contribution in [1.82, 2.24) is 10.2 Å². The molecule has 1 saturated heterocycles. The third-order valence-electron chi connectivity index (χ3n) is 4.36. The van der Waals surface area contributed by atoms with Crippen LogP contribution in [0.5, 0.6) is 0 Å². The Bertz CT molecular complexity index is 405. The van der Waals surface area contributed by atoms with Gasteiger partial charge < -0.3 is 10.2 Å². The zero-order valence-electron chi connectivity index (χ0n) is 13.2. The molecule has 1 unspecified atom stereocenters. The van der Waals surface area contributed by atoms with E-state index in [1.807, 2.05) is 0 Å². The molecule has 3 heteroatoms. The van der Waals surface area contributed by atoms with Crippen molar-refractivity contribution in [3.05, 3.63) is 29.8 Å². The minimum Gasteiger partial charge on any atom is -0.373 e. The first-order valence-electron chi connectivity index (χ1n) is 8.00. The Kier molecular flexibility index (Phi) is 5.86. The molecule has 1 aromatic carbocycles. The highest BCUT2D eigenvalue weighted by atomic mass is 15.2. The van der Waals surface area contributed by atoms with E-state index < -0.39 is 0 Å². The predicted molar refractivity (Wildman–Crippen MR) is 87.4 cm³/mol. The van der Waals surface area contributed by atoms with Gasteiger partial charge in [-0.2, -0.15) is 0 Å². The number of hydrogen-bond donors (Lipinski definition) is 1. The van der Waals surface area contributed by atoms with Crippen LogP contribution >= 0.6 is 0 Å². The fourth-order valence-electron chi connectivity index (χ4n) is 3.23. The van der Waals surface area contributed by atoms with Crippen LogP contribution in [-0.2, 0) is 6.54 Å². The van der Waals surface area contributed by atoms with E-state index >= 15 is 0 Å². The summed E-state index contributed by atoms with van der Waals surface area (Å²) in [4.78, 5) is 5.05. The molecule has 1 aliphatic heterocycles. The van der Waals surface area contributed by atoms with Gasteiger partial charge in [0.25, 0.3) is 0 Å². The highest BCUT2D eigenvalue weighted by Gasteiger charge is 2.24. The van der Waals surface area contributed by atoms with E-state index in [1.54, 1.807) is 0 Å². The number of anilines is 1. The first-order valence-corrected chi connectivity index (χ1v) is 8.00. The van der Waals surface area contributed by atoms with Crippen molar-refractivity contribution in [2.45, 2.75) is 39.3 Å². The van der Waals surface area contributed by atoms with E-state index in [-0.39, 0.29) is 0 Å². The van der Waals surface area contributed by atoms with Gasteiger partial charge in [-0.3, -0.25) is 4.90 Å². The summed E-state index contributed by atoms with van der Waals surface area (Å²) in [5.41, 5.74) is 2.77. The van der Waals surface area contributed by atoms with Crippen molar-refractivity contribution in [2.24, 2.45) is 0 Å². The number of rotatable bonds is 7. The summed E-state index contributed by atoms with van der Waals surface area (Å²) in [7, 11) is 2.23. The van der Waals surface area contributed by atoms with Crippen LogP contribution in [0.4, 0.5) is 5.69 Å². The number of likely N-dealkylation sites (tertiary alicyclic amines) is 1. The second kappa shape index (κ2) is 7.65. The Labute approximate surface area is 124 Å². The summed E-state index contributed by atoms with van der Waals surface area (Å²) in [5, 5.41) is 3.44. The number of hydrogen-bond acceptors (Lipinski definition) is 3. The molecule has 2 rings (SSSR count). The van der Waals surface area contributed by atoms with Gasteiger partial charge in [-0.1, -0.05) is 32.0 Å². The molecule has 1 fully saturated rings. The molecule has 0 aliphatic carbocycles. The van der Waals surface area contributed by atoms with E-state index in [1.165, 1.54) is 37.2 Å². The molecule has 1 aliphatic rings. The van der Waals surface area contributed by atoms with E-state index in [0.29, 0.717) is 0 Å². The van der Waals surface area contributed by atoms with Crippen molar-refractivity contribution in [3.8, 4) is 0 Å². The Balaban J connectivity index is 2.02. The molecule has 1 atom stereocenters.